The minimum Gasteiger partial charge on any atom is -0.457 e. The first-order chi connectivity index (χ1) is 16.5. The molecule has 184 valence electrons. The van der Waals surface area contributed by atoms with E-state index in [9.17, 15) is 0 Å². The van der Waals surface area contributed by atoms with Gasteiger partial charge in [0.15, 0.2) is 0 Å². The number of unbranched alkanes of at least 4 members (excludes halogenated alkanes) is 1. The zero-order valence-electron chi connectivity index (χ0n) is 22.1. The van der Waals surface area contributed by atoms with Gasteiger partial charge in [-0.05, 0) is 56.2 Å². The number of aromatic nitrogens is 4. The molecule has 9 heteroatoms. The smallest absolute Gasteiger partial charge is 0.457 e. The fourth-order valence-corrected chi connectivity index (χ4v) is 3.66. The molecule has 0 amide bonds. The summed E-state index contributed by atoms with van der Waals surface area (Å²) in [5.74, 6) is 2.54. The van der Waals surface area contributed by atoms with Gasteiger partial charge in [-0.1, -0.05) is 19.4 Å². The van der Waals surface area contributed by atoms with Crippen LogP contribution in [0.15, 0.2) is 48.9 Å². The molecule has 2 aromatic carbocycles. The first kappa shape index (κ1) is 29.8. The van der Waals surface area contributed by atoms with Crippen molar-refractivity contribution in [1.82, 2.24) is 19.5 Å². The van der Waals surface area contributed by atoms with Crippen molar-refractivity contribution in [1.29, 1.82) is 0 Å². The third-order valence-corrected chi connectivity index (χ3v) is 5.44. The molecule has 0 spiro atoms. The second-order valence-electron chi connectivity index (χ2n) is 8.15. The molecule has 0 saturated carbocycles. The predicted octanol–water partition coefficient (Wildman–Crippen LogP) is 1.07. The molecule has 0 saturated heterocycles. The van der Waals surface area contributed by atoms with Crippen molar-refractivity contribution in [2.45, 2.75) is 33.6 Å². The molecule has 4 rings (SSSR count). The second kappa shape index (κ2) is 13.8. The summed E-state index contributed by atoms with van der Waals surface area (Å²) >= 11 is 0. The van der Waals surface area contributed by atoms with Gasteiger partial charge in [-0.25, -0.2) is 15.0 Å². The van der Waals surface area contributed by atoms with E-state index in [1.54, 1.807) is 6.33 Å². The number of nitrogens with two attached hydrogens (primary N) is 1. The Morgan fingerprint density at radius 1 is 1.14 bits per heavy atom. The maximum atomic E-state index is 6.46. The van der Waals surface area contributed by atoms with Gasteiger partial charge in [0.25, 0.3) is 0 Å². The van der Waals surface area contributed by atoms with Crippen LogP contribution in [0.5, 0.6) is 11.5 Å². The number of rotatable bonds is 8. The number of aryl methyl sites for hydroxylation is 2. The summed E-state index contributed by atoms with van der Waals surface area (Å²) in [6.07, 6.45) is 7.69. The molecule has 4 aromatic rings. The minimum absolute atomic E-state index is 0. The van der Waals surface area contributed by atoms with E-state index in [4.69, 9.17) is 10.5 Å². The maximum absolute atomic E-state index is 6.46. The van der Waals surface area contributed by atoms with Gasteiger partial charge in [0, 0.05) is 36.8 Å². The predicted molar refractivity (Wildman–Crippen MR) is 144 cm³/mol. The van der Waals surface area contributed by atoms with Crippen LogP contribution in [0.2, 0.25) is 0 Å². The van der Waals surface area contributed by atoms with Crippen molar-refractivity contribution >= 4 is 34.6 Å². The van der Waals surface area contributed by atoms with Crippen LogP contribution in [0.1, 0.15) is 32.3 Å². The number of imidazole rings is 1. The molecule has 0 aliphatic heterocycles. The summed E-state index contributed by atoms with van der Waals surface area (Å²) < 4.78 is 8.11. The molecule has 0 aliphatic rings. The molecule has 4 N–H and O–H groups in total. The molecule has 8 nitrogen and oxygen atoms in total. The number of anilines is 2. The van der Waals surface area contributed by atoms with Gasteiger partial charge in [-0.3, -0.25) is 0 Å². The van der Waals surface area contributed by atoms with Crippen LogP contribution in [0, 0.1) is 14.4 Å². The Bertz CT molecular complexity index is 1430. The van der Waals surface area contributed by atoms with Gasteiger partial charge in [0.2, 0.25) is 5.95 Å². The van der Waals surface area contributed by atoms with Crippen LogP contribution in [0.3, 0.4) is 0 Å². The van der Waals surface area contributed by atoms with Crippen molar-refractivity contribution in [3.05, 3.63) is 72.5 Å². The minimum atomic E-state index is 0. The quantitative estimate of drug-likeness (QED) is 0.240. The maximum Gasteiger partial charge on any atom is 1.00 e. The number of fused-ring (bicyclic) bond motifs is 1. The fraction of sp³-hybridized carbons (Fsp3) is 0.259. The molecule has 2 aromatic heterocycles. The van der Waals surface area contributed by atoms with Crippen LogP contribution < -0.4 is 83.1 Å². The van der Waals surface area contributed by atoms with Gasteiger partial charge in [-0.15, -0.1) is 0 Å². The van der Waals surface area contributed by atoms with Crippen LogP contribution in [0.25, 0.3) is 22.9 Å². The second-order valence-corrected chi connectivity index (χ2v) is 8.15. The van der Waals surface area contributed by atoms with E-state index in [1.807, 2.05) is 68.1 Å². The van der Waals surface area contributed by atoms with E-state index < -0.39 is 0 Å². The number of nitrogens with zero attached hydrogens (tertiary/aromatic N) is 4. The molecule has 0 atom stereocenters. The van der Waals surface area contributed by atoms with E-state index in [0.717, 1.165) is 58.4 Å². The summed E-state index contributed by atoms with van der Waals surface area (Å²) in [6, 6.07) is 11.8. The van der Waals surface area contributed by atoms with Crippen LogP contribution in [0.4, 0.5) is 11.6 Å². The van der Waals surface area contributed by atoms with Gasteiger partial charge >= 0.3 is 51.4 Å². The SMILES string of the molecule is CCC/C=c1\cnc(NCC)n\c1=C(\N)Nc1ccc(Oc2ccc3c(c2)ncn3C)c(C)c1.[CH3-].[K+]. The number of nitrogens with one attached hydrogen (secondary N) is 2. The normalized spacial score (nSPS) is 11.9. The fourth-order valence-electron chi connectivity index (χ4n) is 3.66. The average molecular weight is 512 g/mol. The van der Waals surface area contributed by atoms with Crippen molar-refractivity contribution in [3.63, 3.8) is 0 Å². The monoisotopic (exact) mass is 511 g/mol. The molecule has 2 heterocycles. The summed E-state index contributed by atoms with van der Waals surface area (Å²) in [5.41, 5.74) is 10.3. The largest absolute Gasteiger partial charge is 1.00 e. The molecular weight excluding hydrogens is 477 g/mol. The van der Waals surface area contributed by atoms with E-state index in [-0.39, 0.29) is 58.8 Å². The Morgan fingerprint density at radius 2 is 1.94 bits per heavy atom. The van der Waals surface area contributed by atoms with Gasteiger partial charge in [0.1, 0.15) is 22.7 Å². The van der Waals surface area contributed by atoms with Crippen LogP contribution >= 0.6 is 0 Å². The van der Waals surface area contributed by atoms with Crippen molar-refractivity contribution < 1.29 is 56.1 Å². The third kappa shape index (κ3) is 7.07. The number of benzene rings is 2. The molecule has 0 radical (unpaired) electrons. The first-order valence-electron chi connectivity index (χ1n) is 11.5. The molecule has 36 heavy (non-hydrogen) atoms. The molecule has 0 aliphatic carbocycles. The molecule has 0 bridgehead atoms. The van der Waals surface area contributed by atoms with Gasteiger partial charge in [-0.2, -0.15) is 0 Å². The summed E-state index contributed by atoms with van der Waals surface area (Å²) in [6.45, 7) is 6.88. The first-order valence-corrected chi connectivity index (χ1v) is 11.5. The summed E-state index contributed by atoms with van der Waals surface area (Å²) in [5, 5.41) is 8.03. The van der Waals surface area contributed by atoms with Crippen LogP contribution in [-0.4, -0.2) is 26.1 Å². The number of ether oxygens (including phenoxy) is 1. The van der Waals surface area contributed by atoms with E-state index in [0.29, 0.717) is 17.1 Å². The third-order valence-electron chi connectivity index (χ3n) is 5.44. The molecular formula is C27H34KN7O. The Hall–Kier alpha value is -2.43. The standard InChI is InChI=1S/C26H31N7O.CH3.K/c1-5-7-8-18-15-29-26(28-6-2)32-24(18)25(27)31-19-9-12-23(17(3)13-19)34-20-10-11-22-21(14-20)30-16-33(22)4;;/h8-16,31H,5-7,27H2,1-4H3,(H,28,32);1H3;/q;-1;+1/b18-8+,25-24-;;. The number of hydrogen-bond donors (Lipinski definition) is 3. The van der Waals surface area contributed by atoms with E-state index >= 15 is 0 Å². The van der Waals surface area contributed by atoms with Crippen molar-refractivity contribution in [2.24, 2.45) is 12.8 Å². The summed E-state index contributed by atoms with van der Waals surface area (Å²) in [4.78, 5) is 13.4. The summed E-state index contributed by atoms with van der Waals surface area (Å²) in [7, 11) is 1.97. The van der Waals surface area contributed by atoms with Crippen LogP contribution in [-0.2, 0) is 7.05 Å². The van der Waals surface area contributed by atoms with E-state index in [2.05, 4.69) is 38.6 Å². The Morgan fingerprint density at radius 3 is 2.67 bits per heavy atom. The molecule has 0 fully saturated rings. The van der Waals surface area contributed by atoms with Crippen molar-refractivity contribution in [3.8, 4) is 11.5 Å². The van der Waals surface area contributed by atoms with E-state index in [1.165, 1.54) is 0 Å². The molecule has 0 unspecified atom stereocenters. The Kier molecular flexibility index (Phi) is 11.4. The number of hydrogen-bond acceptors (Lipinski definition) is 7. The average Bonchev–Trinajstić information content (AvgIpc) is 3.20. The zero-order valence-corrected chi connectivity index (χ0v) is 25.2. The topological polar surface area (TPSA) is 103 Å². The zero-order chi connectivity index (χ0) is 24.1. The van der Waals surface area contributed by atoms with Gasteiger partial charge in [0.05, 0.1) is 17.4 Å². The van der Waals surface area contributed by atoms with Gasteiger partial charge < -0.3 is 33.1 Å². The van der Waals surface area contributed by atoms with Crippen molar-refractivity contribution in [2.75, 3.05) is 17.2 Å². The Balaban J connectivity index is 0.00000228. The Labute approximate surface area is 255 Å².